The highest BCUT2D eigenvalue weighted by Crippen LogP contribution is 2.25. The van der Waals surface area contributed by atoms with Crippen molar-refractivity contribution < 1.29 is 0 Å². The molecule has 1 N–H and O–H groups in total. The van der Waals surface area contributed by atoms with Gasteiger partial charge in [0.15, 0.2) is 0 Å². The van der Waals surface area contributed by atoms with Gasteiger partial charge in [-0.1, -0.05) is 29.8 Å². The van der Waals surface area contributed by atoms with E-state index in [0.717, 1.165) is 18.3 Å². The fraction of sp³-hybridized carbons (Fsp3) is 0.467. The van der Waals surface area contributed by atoms with Crippen LogP contribution in [0.4, 0.5) is 0 Å². The molecule has 0 bridgehead atoms. The molecule has 1 aliphatic carbocycles. The van der Waals surface area contributed by atoms with E-state index in [9.17, 15) is 0 Å². The molecule has 1 saturated carbocycles. The summed E-state index contributed by atoms with van der Waals surface area (Å²) < 4.78 is 0. The molecule has 0 amide bonds. The Morgan fingerprint density at radius 2 is 2.18 bits per heavy atom. The lowest BCUT2D eigenvalue weighted by molar-refractivity contribution is 0.736. The van der Waals surface area contributed by atoms with Gasteiger partial charge < -0.3 is 5.32 Å². The summed E-state index contributed by atoms with van der Waals surface area (Å²) in [5, 5.41) is 3.51. The van der Waals surface area contributed by atoms with Crippen molar-refractivity contribution in [3.05, 3.63) is 41.5 Å². The number of rotatable bonds is 6. The Bertz CT molecular complexity index is 407. The summed E-state index contributed by atoms with van der Waals surface area (Å²) in [6.07, 6.45) is 2.69. The standard InChI is InChI=1S/C15H21NS/c1-11-4-5-13(3)15(8-11)17-10-12(2)9-16-14-6-7-14/h4-5,8,14,16H,2,6-7,9-10H2,1,3H3. The van der Waals surface area contributed by atoms with Gasteiger partial charge in [0.1, 0.15) is 0 Å². The third-order valence-electron chi connectivity index (χ3n) is 2.99. The number of benzene rings is 1. The van der Waals surface area contributed by atoms with Gasteiger partial charge in [0.25, 0.3) is 0 Å². The zero-order valence-electron chi connectivity index (χ0n) is 10.8. The molecule has 0 saturated heterocycles. The van der Waals surface area contributed by atoms with Crippen molar-refractivity contribution >= 4 is 11.8 Å². The quantitative estimate of drug-likeness (QED) is 0.607. The Morgan fingerprint density at radius 1 is 1.41 bits per heavy atom. The number of hydrogen-bond donors (Lipinski definition) is 1. The summed E-state index contributed by atoms with van der Waals surface area (Å²) in [6.45, 7) is 9.43. The fourth-order valence-corrected chi connectivity index (χ4v) is 2.70. The molecular formula is C15H21NS. The second kappa shape index (κ2) is 5.74. The monoisotopic (exact) mass is 247 g/mol. The van der Waals surface area contributed by atoms with Gasteiger partial charge in [-0.15, -0.1) is 11.8 Å². The Hall–Kier alpha value is -0.730. The van der Waals surface area contributed by atoms with Crippen LogP contribution in [-0.2, 0) is 0 Å². The maximum atomic E-state index is 4.14. The molecule has 1 nitrogen and oxygen atoms in total. The van der Waals surface area contributed by atoms with Gasteiger partial charge in [-0.25, -0.2) is 0 Å². The maximum Gasteiger partial charge on any atom is 0.0200 e. The van der Waals surface area contributed by atoms with Gasteiger partial charge in [0.2, 0.25) is 0 Å². The van der Waals surface area contributed by atoms with E-state index in [-0.39, 0.29) is 0 Å². The smallest absolute Gasteiger partial charge is 0.0200 e. The van der Waals surface area contributed by atoms with Crippen LogP contribution in [-0.4, -0.2) is 18.3 Å². The van der Waals surface area contributed by atoms with Gasteiger partial charge >= 0.3 is 0 Å². The average molecular weight is 247 g/mol. The lowest BCUT2D eigenvalue weighted by atomic mass is 10.2. The van der Waals surface area contributed by atoms with Crippen LogP contribution < -0.4 is 5.32 Å². The van der Waals surface area contributed by atoms with E-state index >= 15 is 0 Å². The molecule has 17 heavy (non-hydrogen) atoms. The Labute approximate surface area is 109 Å². The highest BCUT2D eigenvalue weighted by Gasteiger charge is 2.19. The topological polar surface area (TPSA) is 12.0 Å². The first kappa shape index (κ1) is 12.7. The van der Waals surface area contributed by atoms with Crippen LogP contribution in [0.25, 0.3) is 0 Å². The van der Waals surface area contributed by atoms with Gasteiger partial charge in [-0.05, 0) is 38.3 Å². The third kappa shape index (κ3) is 4.21. The summed E-state index contributed by atoms with van der Waals surface area (Å²) in [4.78, 5) is 1.39. The van der Waals surface area contributed by atoms with Gasteiger partial charge in [-0.3, -0.25) is 0 Å². The SMILES string of the molecule is C=C(CNC1CC1)CSc1cc(C)ccc1C. The molecule has 0 atom stereocenters. The lowest BCUT2D eigenvalue weighted by Crippen LogP contribution is -2.19. The third-order valence-corrected chi connectivity index (χ3v) is 4.30. The highest BCUT2D eigenvalue weighted by molar-refractivity contribution is 7.99. The Kier molecular flexibility index (Phi) is 4.30. The molecule has 2 heteroatoms. The van der Waals surface area contributed by atoms with Crippen LogP contribution in [0.2, 0.25) is 0 Å². The maximum absolute atomic E-state index is 4.14. The largest absolute Gasteiger partial charge is 0.310 e. The minimum atomic E-state index is 0.775. The molecule has 1 fully saturated rings. The summed E-state index contributed by atoms with van der Waals surface area (Å²) in [7, 11) is 0. The first-order chi connectivity index (χ1) is 8.15. The highest BCUT2D eigenvalue weighted by atomic mass is 32.2. The van der Waals surface area contributed by atoms with E-state index < -0.39 is 0 Å². The molecule has 0 heterocycles. The average Bonchev–Trinajstić information content (AvgIpc) is 3.11. The molecule has 0 radical (unpaired) electrons. The van der Waals surface area contributed by atoms with Crippen molar-refractivity contribution in [3.63, 3.8) is 0 Å². The first-order valence-electron chi connectivity index (χ1n) is 6.25. The van der Waals surface area contributed by atoms with Crippen molar-refractivity contribution in [1.29, 1.82) is 0 Å². The number of nitrogens with one attached hydrogen (secondary N) is 1. The Balaban J connectivity index is 1.79. The Morgan fingerprint density at radius 3 is 2.88 bits per heavy atom. The van der Waals surface area contributed by atoms with Crippen LogP contribution in [0.1, 0.15) is 24.0 Å². The number of thioether (sulfide) groups is 1. The fourth-order valence-electron chi connectivity index (χ4n) is 1.67. The summed E-state index contributed by atoms with van der Waals surface area (Å²) >= 11 is 1.90. The minimum absolute atomic E-state index is 0.775. The van der Waals surface area contributed by atoms with Crippen LogP contribution in [0.5, 0.6) is 0 Å². The zero-order chi connectivity index (χ0) is 12.3. The van der Waals surface area contributed by atoms with Gasteiger partial charge in [-0.2, -0.15) is 0 Å². The molecule has 0 aliphatic heterocycles. The predicted octanol–water partition coefficient (Wildman–Crippen LogP) is 3.70. The number of hydrogen-bond acceptors (Lipinski definition) is 2. The number of aryl methyl sites for hydroxylation is 2. The van der Waals surface area contributed by atoms with E-state index in [1.165, 1.54) is 34.4 Å². The van der Waals surface area contributed by atoms with Crippen molar-refractivity contribution in [2.75, 3.05) is 12.3 Å². The second-order valence-corrected chi connectivity index (χ2v) is 5.98. The minimum Gasteiger partial charge on any atom is -0.310 e. The van der Waals surface area contributed by atoms with Crippen molar-refractivity contribution in [3.8, 4) is 0 Å². The van der Waals surface area contributed by atoms with E-state index in [4.69, 9.17) is 0 Å². The van der Waals surface area contributed by atoms with Crippen LogP contribution in [0.15, 0.2) is 35.2 Å². The molecule has 0 aromatic heterocycles. The van der Waals surface area contributed by atoms with Crippen LogP contribution in [0, 0.1) is 13.8 Å². The first-order valence-corrected chi connectivity index (χ1v) is 7.24. The van der Waals surface area contributed by atoms with E-state index in [2.05, 4.69) is 43.9 Å². The van der Waals surface area contributed by atoms with E-state index in [0.29, 0.717) is 0 Å². The molecule has 0 spiro atoms. The summed E-state index contributed by atoms with van der Waals surface area (Å²) in [5.41, 5.74) is 3.99. The molecule has 2 rings (SSSR count). The van der Waals surface area contributed by atoms with Crippen LogP contribution >= 0.6 is 11.8 Å². The van der Waals surface area contributed by atoms with Crippen LogP contribution in [0.3, 0.4) is 0 Å². The molecule has 0 unspecified atom stereocenters. The summed E-state index contributed by atoms with van der Waals surface area (Å²) in [6, 6.07) is 7.41. The van der Waals surface area contributed by atoms with E-state index in [1.807, 2.05) is 11.8 Å². The zero-order valence-corrected chi connectivity index (χ0v) is 11.6. The molecule has 1 aromatic rings. The molecule has 92 valence electrons. The van der Waals surface area contributed by atoms with Gasteiger partial charge in [0, 0.05) is 23.2 Å². The van der Waals surface area contributed by atoms with Crippen molar-refractivity contribution in [2.24, 2.45) is 0 Å². The van der Waals surface area contributed by atoms with E-state index in [1.54, 1.807) is 0 Å². The second-order valence-electron chi connectivity index (χ2n) is 4.96. The normalized spacial score (nSPS) is 14.9. The van der Waals surface area contributed by atoms with Gasteiger partial charge in [0.05, 0.1) is 0 Å². The van der Waals surface area contributed by atoms with Crippen molar-refractivity contribution in [2.45, 2.75) is 37.6 Å². The van der Waals surface area contributed by atoms with Crippen molar-refractivity contribution in [1.82, 2.24) is 5.32 Å². The molecule has 1 aliphatic rings. The molecule has 1 aromatic carbocycles. The summed E-state index contributed by atoms with van der Waals surface area (Å²) in [5.74, 6) is 1.02. The predicted molar refractivity (Wildman–Crippen MR) is 76.8 cm³/mol. The lowest BCUT2D eigenvalue weighted by Gasteiger charge is -2.09. The molecular weight excluding hydrogens is 226 g/mol.